The van der Waals surface area contributed by atoms with Gasteiger partial charge in [0.15, 0.2) is 0 Å². The molecule has 4 aromatic rings. The lowest BCUT2D eigenvalue weighted by Crippen LogP contribution is -2.24. The number of halogens is 1. The molecule has 0 saturated carbocycles. The van der Waals surface area contributed by atoms with E-state index in [0.29, 0.717) is 24.6 Å². The van der Waals surface area contributed by atoms with Gasteiger partial charge in [0, 0.05) is 36.1 Å². The Labute approximate surface area is 204 Å². The molecule has 1 aliphatic heterocycles. The number of anilines is 1. The Morgan fingerprint density at radius 1 is 1.03 bits per heavy atom. The fourth-order valence-corrected chi connectivity index (χ4v) is 4.79. The Kier molecular flexibility index (Phi) is 6.54. The number of hydrogen-bond acceptors (Lipinski definition) is 3. The van der Waals surface area contributed by atoms with Gasteiger partial charge in [-0.3, -0.25) is 4.79 Å². The minimum Gasteiger partial charge on any atom is -0.494 e. The first kappa shape index (κ1) is 22.5. The van der Waals surface area contributed by atoms with Gasteiger partial charge in [-0.15, -0.1) is 0 Å². The number of benzene rings is 3. The van der Waals surface area contributed by atoms with Gasteiger partial charge >= 0.3 is 0 Å². The van der Waals surface area contributed by atoms with Crippen LogP contribution in [0.15, 0.2) is 72.8 Å². The fourth-order valence-electron chi connectivity index (χ4n) is 4.66. The molecule has 1 amide bonds. The molecule has 1 aliphatic rings. The third-order valence-corrected chi connectivity index (χ3v) is 6.60. The van der Waals surface area contributed by atoms with Crippen molar-refractivity contribution in [3.63, 3.8) is 0 Å². The van der Waals surface area contributed by atoms with E-state index >= 15 is 0 Å². The second-order valence-electron chi connectivity index (χ2n) is 8.86. The van der Waals surface area contributed by atoms with Crippen molar-refractivity contribution >= 4 is 34.2 Å². The molecule has 0 aliphatic carbocycles. The van der Waals surface area contributed by atoms with Gasteiger partial charge in [-0.2, -0.15) is 0 Å². The summed E-state index contributed by atoms with van der Waals surface area (Å²) in [5.74, 6) is 2.07. The lowest BCUT2D eigenvalue weighted by atomic mass is 10.1. The number of aromatic nitrogens is 2. The van der Waals surface area contributed by atoms with Crippen LogP contribution in [0.5, 0.6) is 5.75 Å². The summed E-state index contributed by atoms with van der Waals surface area (Å²) in [6, 6.07) is 23.8. The second-order valence-corrected chi connectivity index (χ2v) is 9.30. The number of rotatable bonds is 8. The van der Waals surface area contributed by atoms with Gasteiger partial charge in [0.2, 0.25) is 5.91 Å². The first-order valence-electron chi connectivity index (χ1n) is 11.8. The van der Waals surface area contributed by atoms with E-state index in [1.165, 1.54) is 0 Å². The highest BCUT2D eigenvalue weighted by Crippen LogP contribution is 2.33. The standard InChI is InChI=1S/C28H28ClN3O2/c1-20-7-6-8-23(17-20)32-19-21(18-27(32)33)28-30-25-9-2-3-10-26(25)31(28)15-4-5-16-34-24-13-11-22(29)12-14-24/h2-3,6-14,17,21H,4-5,15-16,18-19H2,1H3/t21-/m1/s1. The summed E-state index contributed by atoms with van der Waals surface area (Å²) >= 11 is 5.94. The number of hydrogen-bond donors (Lipinski definition) is 0. The van der Waals surface area contributed by atoms with Crippen molar-refractivity contribution in [2.75, 3.05) is 18.1 Å². The van der Waals surface area contributed by atoms with Gasteiger partial charge in [-0.05, 0) is 73.9 Å². The van der Waals surface area contributed by atoms with E-state index < -0.39 is 0 Å². The van der Waals surface area contributed by atoms with Gasteiger partial charge < -0.3 is 14.2 Å². The number of ether oxygens (including phenoxy) is 1. The molecule has 6 heteroatoms. The number of para-hydroxylation sites is 2. The minimum absolute atomic E-state index is 0.0747. The average Bonchev–Trinajstić information content (AvgIpc) is 3.40. The van der Waals surface area contributed by atoms with Crippen molar-refractivity contribution in [1.82, 2.24) is 9.55 Å². The van der Waals surface area contributed by atoms with Gasteiger partial charge in [0.05, 0.1) is 17.6 Å². The van der Waals surface area contributed by atoms with Crippen molar-refractivity contribution in [2.45, 2.75) is 38.6 Å². The first-order chi connectivity index (χ1) is 16.6. The zero-order valence-corrected chi connectivity index (χ0v) is 20.0. The molecule has 0 N–H and O–H groups in total. The van der Waals surface area contributed by atoms with Crippen LogP contribution in [0.3, 0.4) is 0 Å². The van der Waals surface area contributed by atoms with Crippen molar-refractivity contribution < 1.29 is 9.53 Å². The molecule has 0 spiro atoms. The average molecular weight is 474 g/mol. The first-order valence-corrected chi connectivity index (χ1v) is 12.2. The zero-order valence-electron chi connectivity index (χ0n) is 19.3. The third kappa shape index (κ3) is 4.80. The van der Waals surface area contributed by atoms with Crippen LogP contribution < -0.4 is 9.64 Å². The highest BCUT2D eigenvalue weighted by atomic mass is 35.5. The molecule has 1 atom stereocenters. The molecule has 0 bridgehead atoms. The van der Waals surface area contributed by atoms with Gasteiger partial charge in [-0.1, -0.05) is 35.9 Å². The van der Waals surface area contributed by atoms with Crippen LogP contribution in [-0.2, 0) is 11.3 Å². The molecule has 1 saturated heterocycles. The molecule has 0 unspecified atom stereocenters. The van der Waals surface area contributed by atoms with Crippen LogP contribution in [0.2, 0.25) is 5.02 Å². The summed E-state index contributed by atoms with van der Waals surface area (Å²) in [7, 11) is 0. The van der Waals surface area contributed by atoms with Crippen LogP contribution >= 0.6 is 11.6 Å². The van der Waals surface area contributed by atoms with E-state index in [0.717, 1.165) is 53.2 Å². The topological polar surface area (TPSA) is 47.4 Å². The molecule has 34 heavy (non-hydrogen) atoms. The Morgan fingerprint density at radius 2 is 1.85 bits per heavy atom. The minimum atomic E-state index is 0.0747. The number of carbonyl (C=O) groups is 1. The molecule has 2 heterocycles. The summed E-state index contributed by atoms with van der Waals surface area (Å²) < 4.78 is 8.15. The second kappa shape index (κ2) is 9.90. The van der Waals surface area contributed by atoms with E-state index in [1.54, 1.807) is 0 Å². The van der Waals surface area contributed by atoms with Gasteiger partial charge in [0.1, 0.15) is 11.6 Å². The van der Waals surface area contributed by atoms with Crippen LogP contribution in [0, 0.1) is 6.92 Å². The molecule has 1 aromatic heterocycles. The Morgan fingerprint density at radius 3 is 2.68 bits per heavy atom. The predicted octanol–water partition coefficient (Wildman–Crippen LogP) is 6.38. The molecule has 1 fully saturated rings. The van der Waals surface area contributed by atoms with Gasteiger partial charge in [-0.25, -0.2) is 4.98 Å². The molecule has 5 rings (SSSR count). The number of nitrogens with zero attached hydrogens (tertiary/aromatic N) is 3. The highest BCUT2D eigenvalue weighted by molar-refractivity contribution is 6.30. The van der Waals surface area contributed by atoms with Crippen molar-refractivity contribution in [1.29, 1.82) is 0 Å². The van der Waals surface area contributed by atoms with Crippen LogP contribution in [0.1, 0.15) is 36.6 Å². The monoisotopic (exact) mass is 473 g/mol. The molecule has 3 aromatic carbocycles. The van der Waals surface area contributed by atoms with Crippen molar-refractivity contribution in [3.05, 3.63) is 89.2 Å². The lowest BCUT2D eigenvalue weighted by molar-refractivity contribution is -0.117. The molecule has 0 radical (unpaired) electrons. The number of fused-ring (bicyclic) bond motifs is 1. The summed E-state index contributed by atoms with van der Waals surface area (Å²) in [5, 5.41) is 0.707. The van der Waals surface area contributed by atoms with Crippen LogP contribution in [-0.4, -0.2) is 28.6 Å². The number of unbranched alkanes of at least 4 members (excludes halogenated alkanes) is 1. The van der Waals surface area contributed by atoms with E-state index in [9.17, 15) is 4.79 Å². The Balaban J connectivity index is 1.29. The van der Waals surface area contributed by atoms with Crippen LogP contribution in [0.25, 0.3) is 11.0 Å². The largest absolute Gasteiger partial charge is 0.494 e. The summed E-state index contributed by atoms with van der Waals surface area (Å²) in [6.07, 6.45) is 2.37. The summed E-state index contributed by atoms with van der Waals surface area (Å²) in [5.41, 5.74) is 4.23. The molecular formula is C28H28ClN3O2. The smallest absolute Gasteiger partial charge is 0.227 e. The van der Waals surface area contributed by atoms with Gasteiger partial charge in [0.25, 0.3) is 0 Å². The van der Waals surface area contributed by atoms with Crippen LogP contribution in [0.4, 0.5) is 5.69 Å². The normalized spacial score (nSPS) is 15.9. The van der Waals surface area contributed by atoms with Crippen molar-refractivity contribution in [3.8, 4) is 5.75 Å². The summed E-state index contributed by atoms with van der Waals surface area (Å²) in [6.45, 7) is 4.20. The number of aryl methyl sites for hydroxylation is 2. The third-order valence-electron chi connectivity index (χ3n) is 6.35. The zero-order chi connectivity index (χ0) is 23.5. The maximum Gasteiger partial charge on any atom is 0.227 e. The van der Waals surface area contributed by atoms with E-state index in [2.05, 4.69) is 29.7 Å². The number of carbonyl (C=O) groups excluding carboxylic acids is 1. The van der Waals surface area contributed by atoms with Crippen molar-refractivity contribution in [2.24, 2.45) is 0 Å². The lowest BCUT2D eigenvalue weighted by Gasteiger charge is -2.18. The maximum absolute atomic E-state index is 12.9. The molecule has 174 valence electrons. The Hall–Kier alpha value is -3.31. The predicted molar refractivity (Wildman–Crippen MR) is 137 cm³/mol. The molecule has 5 nitrogen and oxygen atoms in total. The van der Waals surface area contributed by atoms with E-state index in [-0.39, 0.29) is 11.8 Å². The quantitative estimate of drug-likeness (QED) is 0.279. The fraction of sp³-hybridized carbons (Fsp3) is 0.286. The number of amides is 1. The van der Waals surface area contributed by atoms with E-state index in [1.807, 2.05) is 59.5 Å². The highest BCUT2D eigenvalue weighted by Gasteiger charge is 2.34. The summed E-state index contributed by atoms with van der Waals surface area (Å²) in [4.78, 5) is 19.8. The number of imidazole rings is 1. The maximum atomic E-state index is 12.9. The van der Waals surface area contributed by atoms with E-state index in [4.69, 9.17) is 21.3 Å². The Bertz CT molecular complexity index is 1300. The molecular weight excluding hydrogens is 446 g/mol. The SMILES string of the molecule is Cc1cccc(N2C[C@H](c3nc4ccccc4n3CCCCOc3ccc(Cl)cc3)CC2=O)c1.